The third kappa shape index (κ3) is 3.22. The van der Waals surface area contributed by atoms with Crippen molar-refractivity contribution in [3.8, 4) is 0 Å². The summed E-state index contributed by atoms with van der Waals surface area (Å²) in [5.74, 6) is 1.16. The predicted octanol–water partition coefficient (Wildman–Crippen LogP) is 3.57. The Balaban J connectivity index is 1.43. The number of nitrogens with zero attached hydrogens (tertiary/aromatic N) is 1. The number of amides is 2. The molecule has 1 aromatic carbocycles. The smallest absolute Gasteiger partial charge is 0.225 e. The van der Waals surface area contributed by atoms with Gasteiger partial charge < -0.3 is 14.6 Å². The van der Waals surface area contributed by atoms with E-state index in [1.54, 1.807) is 0 Å². The number of piperidine rings is 1. The van der Waals surface area contributed by atoms with Crippen LogP contribution in [0.2, 0.25) is 0 Å². The molecule has 1 N–H and O–H groups in total. The molecular weight excluding hydrogens is 328 g/mol. The van der Waals surface area contributed by atoms with E-state index in [9.17, 15) is 9.59 Å². The van der Waals surface area contributed by atoms with Crippen LogP contribution in [0.1, 0.15) is 50.0 Å². The lowest BCUT2D eigenvalue weighted by Gasteiger charge is -2.32. The number of hydrogen-bond acceptors (Lipinski definition) is 3. The summed E-state index contributed by atoms with van der Waals surface area (Å²) >= 11 is 0. The second-order valence-corrected chi connectivity index (χ2v) is 7.72. The molecule has 2 aliphatic rings. The van der Waals surface area contributed by atoms with Crippen LogP contribution in [0.15, 0.2) is 28.7 Å². The quantitative estimate of drug-likeness (QED) is 0.913. The molecule has 2 atom stereocenters. The number of carbonyl (C=O) groups is 2. The Morgan fingerprint density at radius 1 is 1.19 bits per heavy atom. The zero-order valence-electron chi connectivity index (χ0n) is 15.5. The fourth-order valence-electron chi connectivity index (χ4n) is 3.98. The molecule has 1 saturated carbocycles. The number of furan rings is 1. The van der Waals surface area contributed by atoms with E-state index in [2.05, 4.69) is 5.32 Å². The van der Waals surface area contributed by atoms with Gasteiger partial charge in [0.1, 0.15) is 11.3 Å². The van der Waals surface area contributed by atoms with Crippen molar-refractivity contribution in [2.45, 2.75) is 45.6 Å². The van der Waals surface area contributed by atoms with Gasteiger partial charge >= 0.3 is 0 Å². The largest absolute Gasteiger partial charge is 0.459 e. The molecular formula is C21H26N2O3. The van der Waals surface area contributed by atoms with Gasteiger partial charge in [-0.1, -0.05) is 18.2 Å². The summed E-state index contributed by atoms with van der Waals surface area (Å²) in [5.41, 5.74) is 1.92. The van der Waals surface area contributed by atoms with Gasteiger partial charge in [-0.25, -0.2) is 0 Å². The lowest BCUT2D eigenvalue weighted by atomic mass is 9.96. The van der Waals surface area contributed by atoms with Crippen molar-refractivity contribution in [1.82, 2.24) is 10.2 Å². The molecule has 2 heterocycles. The number of fused-ring (bicyclic) bond motifs is 1. The van der Waals surface area contributed by atoms with Crippen molar-refractivity contribution in [2.24, 2.45) is 11.8 Å². The molecule has 5 heteroatoms. The molecule has 1 saturated heterocycles. The number of rotatable bonds is 4. The van der Waals surface area contributed by atoms with Gasteiger partial charge in [0.15, 0.2) is 0 Å². The molecule has 0 radical (unpaired) electrons. The van der Waals surface area contributed by atoms with Crippen molar-refractivity contribution in [3.05, 3.63) is 35.6 Å². The summed E-state index contributed by atoms with van der Waals surface area (Å²) < 4.78 is 5.97. The van der Waals surface area contributed by atoms with Gasteiger partial charge in [-0.05, 0) is 45.6 Å². The first-order valence-corrected chi connectivity index (χ1v) is 9.61. The van der Waals surface area contributed by atoms with Crippen LogP contribution in [-0.2, 0) is 9.59 Å². The lowest BCUT2D eigenvalue weighted by molar-refractivity contribution is -0.137. The van der Waals surface area contributed by atoms with Crippen molar-refractivity contribution < 1.29 is 14.0 Å². The van der Waals surface area contributed by atoms with Crippen molar-refractivity contribution >= 4 is 22.8 Å². The van der Waals surface area contributed by atoms with Crippen LogP contribution in [0.5, 0.6) is 0 Å². The number of aryl methyl sites for hydroxylation is 1. The molecule has 1 aliphatic carbocycles. The highest BCUT2D eigenvalue weighted by molar-refractivity contribution is 5.84. The summed E-state index contributed by atoms with van der Waals surface area (Å²) in [6.45, 7) is 5.32. The van der Waals surface area contributed by atoms with Gasteiger partial charge in [0.05, 0.1) is 12.0 Å². The fraction of sp³-hybridized carbons (Fsp3) is 0.524. The van der Waals surface area contributed by atoms with Crippen LogP contribution >= 0.6 is 0 Å². The molecule has 2 amide bonds. The monoisotopic (exact) mass is 354 g/mol. The molecule has 26 heavy (non-hydrogen) atoms. The Kier molecular flexibility index (Phi) is 4.47. The zero-order valence-corrected chi connectivity index (χ0v) is 15.5. The highest BCUT2D eigenvalue weighted by atomic mass is 16.3. The third-order valence-corrected chi connectivity index (χ3v) is 5.66. The van der Waals surface area contributed by atoms with E-state index in [4.69, 9.17) is 4.42 Å². The molecule has 0 bridgehead atoms. The zero-order chi connectivity index (χ0) is 18.3. The SMILES string of the molecule is Cc1c([C@@H](C)NC(=O)[C@@H]2CCCN(C(=O)C3CC3)C2)oc2ccccc12. The first-order valence-electron chi connectivity index (χ1n) is 9.61. The number of hydrogen-bond donors (Lipinski definition) is 1. The second kappa shape index (κ2) is 6.78. The van der Waals surface area contributed by atoms with E-state index >= 15 is 0 Å². The third-order valence-electron chi connectivity index (χ3n) is 5.66. The molecule has 5 nitrogen and oxygen atoms in total. The van der Waals surface area contributed by atoms with Gasteiger partial charge in [-0.2, -0.15) is 0 Å². The van der Waals surface area contributed by atoms with Gasteiger partial charge in [-0.15, -0.1) is 0 Å². The summed E-state index contributed by atoms with van der Waals surface area (Å²) in [4.78, 5) is 27.0. The van der Waals surface area contributed by atoms with Crippen molar-refractivity contribution in [2.75, 3.05) is 13.1 Å². The van der Waals surface area contributed by atoms with Gasteiger partial charge in [0.2, 0.25) is 11.8 Å². The van der Waals surface area contributed by atoms with E-state index in [0.29, 0.717) is 6.54 Å². The molecule has 2 aromatic rings. The molecule has 138 valence electrons. The maximum atomic E-state index is 12.8. The molecule has 2 fully saturated rings. The molecule has 1 aromatic heterocycles. The van der Waals surface area contributed by atoms with Crippen molar-refractivity contribution in [3.63, 3.8) is 0 Å². The Labute approximate surface area is 153 Å². The highest BCUT2D eigenvalue weighted by Gasteiger charge is 2.37. The molecule has 0 spiro atoms. The Bertz CT molecular complexity index is 837. The number of para-hydroxylation sites is 1. The maximum Gasteiger partial charge on any atom is 0.225 e. The standard InChI is InChI=1S/C21H26N2O3/c1-13-17-7-3-4-8-18(17)26-19(13)14(2)22-20(24)16-6-5-11-23(12-16)21(25)15-9-10-15/h3-4,7-8,14-16H,5-6,9-12H2,1-2H3,(H,22,24)/t14-,16-/m1/s1. The van der Waals surface area contributed by atoms with Crippen LogP contribution < -0.4 is 5.32 Å². The minimum atomic E-state index is -0.190. The second-order valence-electron chi connectivity index (χ2n) is 7.72. The van der Waals surface area contributed by atoms with E-state index in [0.717, 1.165) is 54.5 Å². The first-order chi connectivity index (χ1) is 12.5. The summed E-state index contributed by atoms with van der Waals surface area (Å²) in [6, 6.07) is 7.73. The summed E-state index contributed by atoms with van der Waals surface area (Å²) in [6.07, 6.45) is 3.75. The van der Waals surface area contributed by atoms with Crippen molar-refractivity contribution in [1.29, 1.82) is 0 Å². The number of nitrogens with one attached hydrogen (secondary N) is 1. The average molecular weight is 354 g/mol. The van der Waals surface area contributed by atoms with Gasteiger partial charge in [0, 0.05) is 30.0 Å². The Morgan fingerprint density at radius 3 is 2.69 bits per heavy atom. The molecule has 0 unspecified atom stereocenters. The number of carbonyl (C=O) groups excluding carboxylic acids is 2. The minimum Gasteiger partial charge on any atom is -0.459 e. The molecule has 4 rings (SSSR count). The lowest BCUT2D eigenvalue weighted by Crippen LogP contribution is -2.46. The minimum absolute atomic E-state index is 0.0191. The van der Waals surface area contributed by atoms with Crippen LogP contribution in [-0.4, -0.2) is 29.8 Å². The van der Waals surface area contributed by atoms with Crippen LogP contribution in [0.4, 0.5) is 0 Å². The van der Waals surface area contributed by atoms with Gasteiger partial charge in [0.25, 0.3) is 0 Å². The van der Waals surface area contributed by atoms with E-state index in [-0.39, 0.29) is 29.7 Å². The fourth-order valence-corrected chi connectivity index (χ4v) is 3.98. The van der Waals surface area contributed by atoms with Crippen LogP contribution in [0, 0.1) is 18.8 Å². The maximum absolute atomic E-state index is 12.8. The van der Waals surface area contributed by atoms with Crippen LogP contribution in [0.25, 0.3) is 11.0 Å². The average Bonchev–Trinajstić information content (AvgIpc) is 3.45. The van der Waals surface area contributed by atoms with Gasteiger partial charge in [-0.3, -0.25) is 9.59 Å². The first kappa shape index (κ1) is 17.1. The Hall–Kier alpha value is -2.30. The van der Waals surface area contributed by atoms with E-state index in [1.807, 2.05) is 43.0 Å². The predicted molar refractivity (Wildman–Crippen MR) is 99.5 cm³/mol. The topological polar surface area (TPSA) is 62.6 Å². The van der Waals surface area contributed by atoms with E-state index < -0.39 is 0 Å². The normalized spacial score (nSPS) is 21.6. The van der Waals surface area contributed by atoms with E-state index in [1.165, 1.54) is 0 Å². The van der Waals surface area contributed by atoms with Crippen LogP contribution in [0.3, 0.4) is 0 Å². The summed E-state index contributed by atoms with van der Waals surface area (Å²) in [7, 11) is 0. The highest BCUT2D eigenvalue weighted by Crippen LogP contribution is 2.33. The molecule has 1 aliphatic heterocycles. The number of benzene rings is 1. The Morgan fingerprint density at radius 2 is 1.96 bits per heavy atom. The number of likely N-dealkylation sites (tertiary alicyclic amines) is 1. The summed E-state index contributed by atoms with van der Waals surface area (Å²) in [5, 5.41) is 4.19.